The number of amides is 2. The van der Waals surface area contributed by atoms with Crippen LogP contribution in [0.25, 0.3) is 11.1 Å². The fraction of sp³-hybridized carbons (Fsp3) is 0.364. The molecular formula is C33H40F3N7O2. The summed E-state index contributed by atoms with van der Waals surface area (Å²) in [6.45, 7) is 6.30. The Balaban J connectivity index is 0.000000838. The molecule has 5 rings (SSSR count). The predicted molar refractivity (Wildman–Crippen MR) is 173 cm³/mol. The number of benzene rings is 3. The minimum absolute atomic E-state index is 0.0547. The average molecular weight is 624 g/mol. The molecule has 0 radical (unpaired) electrons. The van der Waals surface area contributed by atoms with Crippen molar-refractivity contribution in [2.45, 2.75) is 32.5 Å². The number of urea groups is 1. The van der Waals surface area contributed by atoms with Gasteiger partial charge in [0.25, 0.3) is 0 Å². The lowest BCUT2D eigenvalue weighted by Crippen LogP contribution is -2.45. The Morgan fingerprint density at radius 2 is 1.60 bits per heavy atom. The molecule has 45 heavy (non-hydrogen) atoms. The second-order valence-corrected chi connectivity index (χ2v) is 11.1. The van der Waals surface area contributed by atoms with Crippen molar-refractivity contribution in [2.75, 3.05) is 56.1 Å². The van der Waals surface area contributed by atoms with Gasteiger partial charge in [-0.05, 0) is 72.5 Å². The predicted octanol–water partition coefficient (Wildman–Crippen LogP) is 5.67. The minimum Gasteiger partial charge on any atom is -0.398 e. The van der Waals surface area contributed by atoms with E-state index in [2.05, 4.69) is 27.4 Å². The lowest BCUT2D eigenvalue weighted by atomic mass is 10.0. The molecule has 2 fully saturated rings. The van der Waals surface area contributed by atoms with Crippen LogP contribution in [0.2, 0.25) is 0 Å². The van der Waals surface area contributed by atoms with Crippen molar-refractivity contribution in [3.8, 4) is 11.1 Å². The molecule has 1 heterocycles. The summed E-state index contributed by atoms with van der Waals surface area (Å²) in [5.41, 5.74) is 14.6. The van der Waals surface area contributed by atoms with E-state index in [0.29, 0.717) is 41.8 Å². The summed E-state index contributed by atoms with van der Waals surface area (Å²) in [6.07, 6.45) is -1.24. The van der Waals surface area contributed by atoms with Gasteiger partial charge in [0.1, 0.15) is 12.1 Å². The Labute approximate surface area is 261 Å². The molecule has 2 aliphatic rings. The van der Waals surface area contributed by atoms with Crippen molar-refractivity contribution in [1.29, 1.82) is 0 Å². The summed E-state index contributed by atoms with van der Waals surface area (Å²) in [7, 11) is 1.58. The van der Waals surface area contributed by atoms with E-state index in [1.165, 1.54) is 12.1 Å². The van der Waals surface area contributed by atoms with Gasteiger partial charge in [0.15, 0.2) is 0 Å². The summed E-state index contributed by atoms with van der Waals surface area (Å²) in [5.74, 6) is 0.780. The number of piperazine rings is 1. The van der Waals surface area contributed by atoms with Crippen LogP contribution in [0.15, 0.2) is 65.7 Å². The second kappa shape index (κ2) is 15.0. The number of anilines is 3. The number of likely N-dealkylation sites (N-methyl/N-ethyl adjacent to an activating group) is 1. The smallest absolute Gasteiger partial charge is 0.398 e. The highest BCUT2D eigenvalue weighted by Crippen LogP contribution is 2.35. The van der Waals surface area contributed by atoms with Gasteiger partial charge in [-0.3, -0.25) is 9.89 Å². The molecule has 9 nitrogen and oxygen atoms in total. The van der Waals surface area contributed by atoms with Crippen molar-refractivity contribution in [3.63, 3.8) is 0 Å². The second-order valence-electron chi connectivity index (χ2n) is 11.1. The summed E-state index contributed by atoms with van der Waals surface area (Å²) >= 11 is 0. The third-order valence-electron chi connectivity index (χ3n) is 7.82. The van der Waals surface area contributed by atoms with Gasteiger partial charge in [0, 0.05) is 68.3 Å². The Hall–Kier alpha value is -4.42. The van der Waals surface area contributed by atoms with E-state index in [-0.39, 0.29) is 17.8 Å². The molecule has 1 saturated carbocycles. The Bertz CT molecular complexity index is 1510. The highest BCUT2D eigenvalue weighted by molar-refractivity contribution is 6.03. The van der Waals surface area contributed by atoms with Crippen LogP contribution in [-0.4, -0.2) is 67.7 Å². The number of carbonyl (C=O) groups excluding carboxylic acids is 2. The topological polar surface area (TPSA) is 129 Å². The Kier molecular flexibility index (Phi) is 11.2. The maximum Gasteiger partial charge on any atom is 0.416 e. The molecular weight excluding hydrogens is 583 g/mol. The maximum absolute atomic E-state index is 13.9. The molecule has 12 heteroatoms. The summed E-state index contributed by atoms with van der Waals surface area (Å²) in [4.78, 5) is 30.5. The van der Waals surface area contributed by atoms with Crippen LogP contribution in [0.3, 0.4) is 0 Å². The standard InChI is InChI=1S/C29H34F3N7O.C4H6O/c1-3-38-11-13-39(14-12-38)18-21-7-9-23(17-25(21)29(30,31)32)37-28(40)36-22-6-4-5-19(15-22)20-8-10-24(26(33)16-20)27(34)35-2;5-3-4-1-2-4/h4-10,15-17H,3,11-14,18,33H2,1-2H3,(H2,34,35)(H2,36,37,40);3-4H,1-2H2. The van der Waals surface area contributed by atoms with Crippen LogP contribution in [0.5, 0.6) is 0 Å². The van der Waals surface area contributed by atoms with Crippen molar-refractivity contribution in [3.05, 3.63) is 77.4 Å². The van der Waals surface area contributed by atoms with E-state index >= 15 is 0 Å². The molecule has 240 valence electrons. The monoisotopic (exact) mass is 623 g/mol. The number of hydrogen-bond donors (Lipinski definition) is 4. The molecule has 0 bridgehead atoms. The molecule has 3 aromatic carbocycles. The number of hydrogen-bond acceptors (Lipinski definition) is 6. The van der Waals surface area contributed by atoms with Crippen LogP contribution in [0.1, 0.15) is 36.5 Å². The van der Waals surface area contributed by atoms with Crippen LogP contribution in [0.4, 0.5) is 35.0 Å². The zero-order valence-corrected chi connectivity index (χ0v) is 25.5. The first-order valence-electron chi connectivity index (χ1n) is 14.9. The third kappa shape index (κ3) is 9.53. The van der Waals surface area contributed by atoms with E-state index in [1.807, 2.05) is 17.0 Å². The fourth-order valence-electron chi connectivity index (χ4n) is 4.96. The number of halogens is 3. The molecule has 0 aromatic heterocycles. The number of aliphatic imine (C=N–C) groups is 1. The third-order valence-corrected chi connectivity index (χ3v) is 7.82. The van der Waals surface area contributed by atoms with Gasteiger partial charge in [0.05, 0.1) is 5.56 Å². The summed E-state index contributed by atoms with van der Waals surface area (Å²) in [6, 6.07) is 15.7. The van der Waals surface area contributed by atoms with Crippen LogP contribution in [-0.2, 0) is 17.5 Å². The van der Waals surface area contributed by atoms with E-state index in [9.17, 15) is 22.8 Å². The molecule has 1 aliphatic heterocycles. The number of aldehydes is 1. The van der Waals surface area contributed by atoms with Crippen LogP contribution >= 0.6 is 0 Å². The van der Waals surface area contributed by atoms with E-state index in [4.69, 9.17) is 11.5 Å². The Morgan fingerprint density at radius 1 is 0.956 bits per heavy atom. The maximum atomic E-state index is 13.9. The number of rotatable bonds is 8. The highest BCUT2D eigenvalue weighted by Gasteiger charge is 2.34. The van der Waals surface area contributed by atoms with Gasteiger partial charge < -0.3 is 31.8 Å². The number of alkyl halides is 3. The lowest BCUT2D eigenvalue weighted by molar-refractivity contribution is -0.138. The quantitative estimate of drug-likeness (QED) is 0.111. The van der Waals surface area contributed by atoms with Gasteiger partial charge in [-0.2, -0.15) is 13.2 Å². The molecule has 1 aliphatic carbocycles. The summed E-state index contributed by atoms with van der Waals surface area (Å²) in [5, 5.41) is 5.21. The van der Waals surface area contributed by atoms with Gasteiger partial charge >= 0.3 is 12.2 Å². The zero-order valence-electron chi connectivity index (χ0n) is 25.5. The molecule has 3 aromatic rings. The molecule has 0 atom stereocenters. The lowest BCUT2D eigenvalue weighted by Gasteiger charge is -2.34. The normalized spacial score (nSPS) is 16.0. The van der Waals surface area contributed by atoms with Gasteiger partial charge in [-0.25, -0.2) is 4.79 Å². The van der Waals surface area contributed by atoms with E-state index < -0.39 is 17.8 Å². The SMILES string of the molecule is CCN1CCN(Cc2ccc(NC(=O)Nc3cccc(-c4ccc(C(N)=NC)c(N)c4)c3)cc2C(F)(F)F)CC1.O=CC1CC1. The zero-order chi connectivity index (χ0) is 32.6. The molecule has 0 unspecified atom stereocenters. The molecule has 0 spiro atoms. The van der Waals surface area contributed by atoms with Crippen LogP contribution in [0, 0.1) is 5.92 Å². The van der Waals surface area contributed by atoms with E-state index in [1.54, 1.807) is 37.4 Å². The number of nitrogens with zero attached hydrogens (tertiary/aromatic N) is 3. The Morgan fingerprint density at radius 3 is 2.16 bits per heavy atom. The van der Waals surface area contributed by atoms with Gasteiger partial charge in [-0.1, -0.05) is 31.2 Å². The number of nitrogens with one attached hydrogen (secondary N) is 2. The first-order chi connectivity index (χ1) is 21.5. The molecule has 2 amide bonds. The van der Waals surface area contributed by atoms with E-state index in [0.717, 1.165) is 56.0 Å². The van der Waals surface area contributed by atoms with Crippen LogP contribution < -0.4 is 22.1 Å². The summed E-state index contributed by atoms with van der Waals surface area (Å²) < 4.78 is 41.8. The first-order valence-corrected chi connectivity index (χ1v) is 14.9. The fourth-order valence-corrected chi connectivity index (χ4v) is 4.96. The molecule has 6 N–H and O–H groups in total. The number of nitrogen functional groups attached to an aromatic ring is 1. The first kappa shape index (κ1) is 33.5. The average Bonchev–Trinajstić information content (AvgIpc) is 3.87. The van der Waals surface area contributed by atoms with Crippen molar-refractivity contribution < 1.29 is 22.8 Å². The number of nitrogens with two attached hydrogens (primary N) is 2. The molecule has 1 saturated heterocycles. The van der Waals surface area contributed by atoms with Crippen molar-refractivity contribution >= 4 is 35.2 Å². The highest BCUT2D eigenvalue weighted by atomic mass is 19.4. The van der Waals surface area contributed by atoms with Gasteiger partial charge in [0.2, 0.25) is 0 Å². The van der Waals surface area contributed by atoms with Gasteiger partial charge in [-0.15, -0.1) is 0 Å². The number of amidine groups is 1. The minimum atomic E-state index is -4.55. The van der Waals surface area contributed by atoms with Crippen molar-refractivity contribution in [2.24, 2.45) is 16.6 Å². The number of carbonyl (C=O) groups is 2. The largest absolute Gasteiger partial charge is 0.416 e. The van der Waals surface area contributed by atoms with Crippen molar-refractivity contribution in [1.82, 2.24) is 9.80 Å².